The lowest BCUT2D eigenvalue weighted by Gasteiger charge is -2.47. The summed E-state index contributed by atoms with van der Waals surface area (Å²) >= 11 is 7.88. The van der Waals surface area contributed by atoms with Gasteiger partial charge in [0.25, 0.3) is 5.56 Å². The average molecular weight is 919 g/mol. The highest BCUT2D eigenvalue weighted by molar-refractivity contribution is 7.22. The molecule has 4 aromatic heterocycles. The largest absolute Gasteiger partial charge is 0.508 e. The van der Waals surface area contributed by atoms with Gasteiger partial charge in [0.05, 0.1) is 61.2 Å². The van der Waals surface area contributed by atoms with Crippen molar-refractivity contribution in [1.82, 2.24) is 33.3 Å². The number of methoxy groups -OCH3 is 3. The number of carbonyl (C=O) groups excluding carboxylic acids is 2. The summed E-state index contributed by atoms with van der Waals surface area (Å²) in [4.78, 5) is 79.4. The number of rotatable bonds is 9. The fourth-order valence-electron chi connectivity index (χ4n) is 10.3. The van der Waals surface area contributed by atoms with E-state index in [0.29, 0.717) is 44.4 Å². The first-order valence-corrected chi connectivity index (χ1v) is 22.0. The smallest absolute Gasteiger partial charge is 0.347 e. The van der Waals surface area contributed by atoms with Gasteiger partial charge < -0.3 is 23.9 Å². The lowest BCUT2D eigenvalue weighted by atomic mass is 9.56. The molecule has 17 nitrogen and oxygen atoms in total. The Hall–Kier alpha value is -6.92. The minimum atomic E-state index is -1.42. The van der Waals surface area contributed by atoms with Gasteiger partial charge in [-0.05, 0) is 61.1 Å². The number of thiophene rings is 1. The van der Waals surface area contributed by atoms with Gasteiger partial charge in [-0.15, -0.1) is 11.3 Å². The molecule has 1 N–H and O–H groups in total. The number of aryl methyl sites for hydroxylation is 4. The highest BCUT2D eigenvalue weighted by atomic mass is 35.5. The maximum Gasteiger partial charge on any atom is 0.347 e. The SMILES string of the molecule is COc1cc2nc(CCn3c(=O)n4n(c3=O)[C@@H]3C[C@H]5C(=O)N(c6cc(-c7sc8ccc(Cl)cc8c7C)nn6C)C(=O)[C@@]5(C)[C@@H](c5ccc(O)cc5OC)C3=CC4)c(=O)n(C)c2cc1OC. The number of carbonyl (C=O) groups is 2. The highest BCUT2D eigenvalue weighted by Gasteiger charge is 2.66. The van der Waals surface area contributed by atoms with Crippen LogP contribution in [0.15, 0.2) is 80.6 Å². The molecule has 3 aliphatic rings. The van der Waals surface area contributed by atoms with Crippen molar-refractivity contribution in [2.75, 3.05) is 26.2 Å². The molecule has 1 aliphatic carbocycles. The number of phenols is 1. The molecule has 3 aromatic carbocycles. The molecule has 1 saturated carbocycles. The van der Waals surface area contributed by atoms with E-state index in [1.807, 2.05) is 31.2 Å². The van der Waals surface area contributed by atoms with E-state index >= 15 is 9.59 Å². The maximum atomic E-state index is 15.3. The average Bonchev–Trinajstić information content (AvgIpc) is 3.96. The van der Waals surface area contributed by atoms with Crippen molar-refractivity contribution < 1.29 is 28.9 Å². The highest BCUT2D eigenvalue weighted by Crippen LogP contribution is 2.62. The Morgan fingerprint density at radius 2 is 1.66 bits per heavy atom. The number of phenolic OH excluding ortho intramolecular Hbond substituents is 1. The molecule has 7 aromatic rings. The molecule has 65 heavy (non-hydrogen) atoms. The van der Waals surface area contributed by atoms with Crippen molar-refractivity contribution in [2.24, 2.45) is 25.4 Å². The number of nitrogens with zero attached hydrogens (tertiary/aromatic N) is 8. The van der Waals surface area contributed by atoms with E-state index in [0.717, 1.165) is 25.1 Å². The Morgan fingerprint density at radius 1 is 0.923 bits per heavy atom. The van der Waals surface area contributed by atoms with Gasteiger partial charge in [-0.1, -0.05) is 23.7 Å². The van der Waals surface area contributed by atoms with Gasteiger partial charge in [-0.25, -0.2) is 33.4 Å². The number of ether oxygens (including phenoxy) is 3. The monoisotopic (exact) mass is 918 g/mol. The van der Waals surface area contributed by atoms with Crippen molar-refractivity contribution >= 4 is 61.7 Å². The molecule has 0 spiro atoms. The van der Waals surface area contributed by atoms with Crippen molar-refractivity contribution in [1.29, 1.82) is 0 Å². The Labute approximate surface area is 378 Å². The van der Waals surface area contributed by atoms with Crippen LogP contribution in [-0.2, 0) is 43.2 Å². The third kappa shape index (κ3) is 6.06. The van der Waals surface area contributed by atoms with Gasteiger partial charge >= 0.3 is 11.4 Å². The molecule has 2 aliphatic heterocycles. The molecule has 6 heterocycles. The Morgan fingerprint density at radius 3 is 2.40 bits per heavy atom. The molecule has 2 amide bonds. The zero-order chi connectivity index (χ0) is 46.0. The summed E-state index contributed by atoms with van der Waals surface area (Å²) < 4.78 is 24.4. The number of allylic oxidation sites excluding steroid dienone is 2. The van der Waals surface area contributed by atoms with Crippen LogP contribution >= 0.6 is 22.9 Å². The number of amides is 2. The van der Waals surface area contributed by atoms with E-state index in [1.54, 1.807) is 45.3 Å². The number of hydrogen-bond donors (Lipinski definition) is 1. The van der Waals surface area contributed by atoms with Gasteiger partial charge in [0, 0.05) is 72.5 Å². The molecular weight excluding hydrogens is 876 g/mol. The molecule has 1 saturated heterocycles. The van der Waals surface area contributed by atoms with Gasteiger partial charge in [0.15, 0.2) is 11.5 Å². The minimum Gasteiger partial charge on any atom is -0.508 e. The number of imide groups is 1. The molecule has 0 radical (unpaired) electrons. The summed E-state index contributed by atoms with van der Waals surface area (Å²) in [7, 11) is 7.74. The fourth-order valence-corrected chi connectivity index (χ4v) is 11.6. The Balaban J connectivity index is 1.05. The number of aromatic hydroxyl groups is 1. The molecule has 334 valence electrons. The van der Waals surface area contributed by atoms with Gasteiger partial charge in [-0.2, -0.15) is 5.10 Å². The molecular formula is C46H43ClN8O9S. The lowest BCUT2D eigenvalue weighted by Crippen LogP contribution is -2.49. The third-order valence-corrected chi connectivity index (χ3v) is 15.1. The molecule has 0 unspecified atom stereocenters. The summed E-state index contributed by atoms with van der Waals surface area (Å²) in [6, 6.07) is 14.5. The second-order valence-electron chi connectivity index (χ2n) is 16.8. The number of hydrogen-bond acceptors (Lipinski definition) is 12. The standard InChI is InChI=1S/C46H43ClN8O9S/c1-22-27-16-23(47)8-11-37(27)65-40(22)31-20-38(51(4)49-31)54-41(57)28-18-32-25(39(46(28,2)43(54)59)26-10-9-24(56)17-34(26)62-5)12-15-53-44(60)52(45(61)55(32)53)14-13-29-42(58)50(3)33-21-36(64-7)35(63-6)19-30(33)48-29/h8-12,16-17,19-21,28,32,39,56H,13-15,18H2,1-7H3/t28-,32+,39+,46+/m0/s1. The summed E-state index contributed by atoms with van der Waals surface area (Å²) in [5, 5.41) is 16.9. The first kappa shape index (κ1) is 42.1. The number of benzene rings is 3. The van der Waals surface area contributed by atoms with Crippen molar-refractivity contribution in [3.8, 4) is 33.6 Å². The Bertz CT molecular complexity index is 3430. The van der Waals surface area contributed by atoms with Crippen molar-refractivity contribution in [3.05, 3.63) is 119 Å². The Kier molecular flexibility index (Phi) is 9.76. The molecule has 0 bridgehead atoms. The predicted octanol–water partition coefficient (Wildman–Crippen LogP) is 5.47. The lowest BCUT2D eigenvalue weighted by molar-refractivity contribution is -0.129. The summed E-state index contributed by atoms with van der Waals surface area (Å²) in [6.45, 7) is 3.57. The van der Waals surface area contributed by atoms with Crippen LogP contribution in [-0.4, -0.2) is 71.5 Å². The van der Waals surface area contributed by atoms with Crippen molar-refractivity contribution in [3.63, 3.8) is 0 Å². The molecule has 4 atom stereocenters. The molecule has 2 fully saturated rings. The van der Waals surface area contributed by atoms with Crippen LogP contribution in [0.2, 0.25) is 5.02 Å². The summed E-state index contributed by atoms with van der Waals surface area (Å²) in [5.74, 6) is -1.42. The first-order valence-electron chi connectivity index (χ1n) is 20.8. The van der Waals surface area contributed by atoms with E-state index in [-0.39, 0.29) is 48.9 Å². The quantitative estimate of drug-likeness (QED) is 0.143. The van der Waals surface area contributed by atoms with E-state index in [2.05, 4.69) is 4.98 Å². The first-order chi connectivity index (χ1) is 31.1. The number of fused-ring (bicyclic) bond motifs is 6. The second-order valence-corrected chi connectivity index (χ2v) is 18.3. The third-order valence-electron chi connectivity index (χ3n) is 13.6. The van der Waals surface area contributed by atoms with Crippen LogP contribution in [0.4, 0.5) is 5.82 Å². The van der Waals surface area contributed by atoms with Crippen LogP contribution in [0.3, 0.4) is 0 Å². The molecule has 19 heteroatoms. The van der Waals surface area contributed by atoms with Gasteiger partial charge in [-0.3, -0.25) is 19.1 Å². The maximum absolute atomic E-state index is 15.3. The summed E-state index contributed by atoms with van der Waals surface area (Å²) in [5.41, 5.74) is 0.777. The van der Waals surface area contributed by atoms with Gasteiger partial charge in [0.2, 0.25) is 11.8 Å². The van der Waals surface area contributed by atoms with Crippen LogP contribution in [0.5, 0.6) is 23.0 Å². The zero-order valence-corrected chi connectivity index (χ0v) is 38.0. The fraction of sp³-hybridized carbons (Fsp3) is 0.326. The number of aromatic nitrogens is 7. The minimum absolute atomic E-state index is 0.0150. The van der Waals surface area contributed by atoms with Gasteiger partial charge in [0.1, 0.15) is 28.7 Å². The van der Waals surface area contributed by atoms with Crippen LogP contribution in [0.1, 0.15) is 42.1 Å². The van der Waals surface area contributed by atoms with E-state index in [1.165, 1.54) is 68.3 Å². The van der Waals surface area contributed by atoms with Crippen molar-refractivity contribution in [2.45, 2.75) is 51.7 Å². The zero-order valence-electron chi connectivity index (χ0n) is 36.4. The van der Waals surface area contributed by atoms with E-state index in [9.17, 15) is 19.5 Å². The number of halogens is 1. The predicted molar refractivity (Wildman–Crippen MR) is 244 cm³/mol. The number of anilines is 1. The van der Waals surface area contributed by atoms with Crippen LogP contribution in [0, 0.1) is 18.3 Å². The van der Waals surface area contributed by atoms with E-state index < -0.39 is 52.0 Å². The topological polar surface area (TPSA) is 187 Å². The summed E-state index contributed by atoms with van der Waals surface area (Å²) in [6.07, 6.45) is 1.82. The normalized spacial score (nSPS) is 20.3. The van der Waals surface area contributed by atoms with Crippen LogP contribution < -0.4 is 36.0 Å². The molecule has 10 rings (SSSR count). The second kappa shape index (κ2) is 15.1. The van der Waals surface area contributed by atoms with E-state index in [4.69, 9.17) is 30.9 Å². The van der Waals surface area contributed by atoms with Crippen LogP contribution in [0.25, 0.3) is 31.7 Å².